The Bertz CT molecular complexity index is 1170. The van der Waals surface area contributed by atoms with Crippen LogP contribution in [0.1, 0.15) is 24.5 Å². The lowest BCUT2D eigenvalue weighted by molar-refractivity contribution is 0.657. The Balaban J connectivity index is 1.37. The molecule has 6 nitrogen and oxygen atoms in total. The SMILES string of the molecule is C=C(NCCNc1cc(-c2ccccc2C)nc2c(C)cnn12)NCC1=CC=CC(C)C1. The Morgan fingerprint density at radius 2 is 2.00 bits per heavy atom. The molecule has 3 N–H and O–H groups in total. The molecular formula is C26H32N6. The van der Waals surface area contributed by atoms with Crippen LogP contribution in [-0.2, 0) is 0 Å². The van der Waals surface area contributed by atoms with Gasteiger partial charge in [0.05, 0.1) is 17.7 Å². The number of benzene rings is 1. The van der Waals surface area contributed by atoms with Crippen molar-refractivity contribution in [3.05, 3.63) is 83.9 Å². The quantitative estimate of drug-likeness (QED) is 0.435. The molecule has 0 fully saturated rings. The number of nitrogens with zero attached hydrogens (tertiary/aromatic N) is 3. The second kappa shape index (κ2) is 9.73. The molecule has 0 saturated heterocycles. The van der Waals surface area contributed by atoms with Crippen LogP contribution in [0.3, 0.4) is 0 Å². The molecule has 32 heavy (non-hydrogen) atoms. The minimum absolute atomic E-state index is 0.606. The third-order valence-electron chi connectivity index (χ3n) is 5.72. The lowest BCUT2D eigenvalue weighted by Crippen LogP contribution is -2.31. The van der Waals surface area contributed by atoms with Gasteiger partial charge in [0, 0.05) is 36.8 Å². The molecular weight excluding hydrogens is 396 g/mol. The van der Waals surface area contributed by atoms with Crippen molar-refractivity contribution in [2.45, 2.75) is 27.2 Å². The number of anilines is 1. The van der Waals surface area contributed by atoms with Crippen LogP contribution in [0.2, 0.25) is 0 Å². The molecule has 3 aromatic rings. The molecule has 1 atom stereocenters. The van der Waals surface area contributed by atoms with E-state index in [0.29, 0.717) is 5.92 Å². The number of nitrogens with one attached hydrogen (secondary N) is 3. The molecule has 2 aromatic heterocycles. The van der Waals surface area contributed by atoms with E-state index in [1.165, 1.54) is 11.1 Å². The maximum Gasteiger partial charge on any atom is 0.160 e. The zero-order valence-corrected chi connectivity index (χ0v) is 19.2. The molecule has 0 radical (unpaired) electrons. The van der Waals surface area contributed by atoms with Crippen molar-refractivity contribution in [2.75, 3.05) is 25.0 Å². The van der Waals surface area contributed by atoms with Gasteiger partial charge < -0.3 is 16.0 Å². The lowest BCUT2D eigenvalue weighted by atomic mass is 9.96. The predicted octanol–water partition coefficient (Wildman–Crippen LogP) is 4.60. The molecule has 1 aromatic carbocycles. The summed E-state index contributed by atoms with van der Waals surface area (Å²) >= 11 is 0. The van der Waals surface area contributed by atoms with Crippen molar-refractivity contribution in [1.82, 2.24) is 25.2 Å². The van der Waals surface area contributed by atoms with Gasteiger partial charge in [0.1, 0.15) is 5.82 Å². The maximum absolute atomic E-state index is 4.87. The molecule has 0 amide bonds. The summed E-state index contributed by atoms with van der Waals surface area (Å²) in [4.78, 5) is 4.87. The summed E-state index contributed by atoms with van der Waals surface area (Å²) in [6.45, 7) is 12.8. The Morgan fingerprint density at radius 1 is 1.16 bits per heavy atom. The highest BCUT2D eigenvalue weighted by atomic mass is 15.3. The van der Waals surface area contributed by atoms with Gasteiger partial charge in [-0.2, -0.15) is 9.61 Å². The molecule has 166 valence electrons. The first kappa shape index (κ1) is 21.7. The van der Waals surface area contributed by atoms with Gasteiger partial charge in [-0.3, -0.25) is 0 Å². The van der Waals surface area contributed by atoms with Gasteiger partial charge >= 0.3 is 0 Å². The van der Waals surface area contributed by atoms with Crippen LogP contribution in [0.25, 0.3) is 16.9 Å². The molecule has 2 heterocycles. The topological polar surface area (TPSA) is 66.3 Å². The number of rotatable bonds is 9. The van der Waals surface area contributed by atoms with E-state index in [-0.39, 0.29) is 0 Å². The normalized spacial score (nSPS) is 15.5. The smallest absolute Gasteiger partial charge is 0.160 e. The Kier molecular flexibility index (Phi) is 6.59. The zero-order valence-electron chi connectivity index (χ0n) is 19.2. The zero-order chi connectivity index (χ0) is 22.5. The van der Waals surface area contributed by atoms with Crippen LogP contribution in [0, 0.1) is 19.8 Å². The Morgan fingerprint density at radius 3 is 2.81 bits per heavy atom. The van der Waals surface area contributed by atoms with Crippen LogP contribution in [-0.4, -0.2) is 34.2 Å². The fourth-order valence-corrected chi connectivity index (χ4v) is 3.95. The summed E-state index contributed by atoms with van der Waals surface area (Å²) in [5.74, 6) is 2.37. The Labute approximate surface area is 190 Å². The summed E-state index contributed by atoms with van der Waals surface area (Å²) in [6.07, 6.45) is 9.53. The third-order valence-corrected chi connectivity index (χ3v) is 5.72. The molecule has 0 bridgehead atoms. The van der Waals surface area contributed by atoms with E-state index in [2.05, 4.69) is 84.0 Å². The summed E-state index contributed by atoms with van der Waals surface area (Å²) in [5, 5.41) is 14.7. The number of hydrogen-bond acceptors (Lipinski definition) is 5. The van der Waals surface area contributed by atoms with Crippen molar-refractivity contribution in [2.24, 2.45) is 5.92 Å². The van der Waals surface area contributed by atoms with E-state index in [1.54, 1.807) is 0 Å². The van der Waals surface area contributed by atoms with E-state index in [0.717, 1.165) is 60.2 Å². The highest BCUT2D eigenvalue weighted by Gasteiger charge is 2.12. The van der Waals surface area contributed by atoms with E-state index in [9.17, 15) is 0 Å². The summed E-state index contributed by atoms with van der Waals surface area (Å²) in [7, 11) is 0. The number of hydrogen-bond donors (Lipinski definition) is 3. The summed E-state index contributed by atoms with van der Waals surface area (Å²) in [5.41, 5.74) is 6.62. The molecule has 0 aliphatic heterocycles. The van der Waals surface area contributed by atoms with E-state index >= 15 is 0 Å². The first-order valence-corrected chi connectivity index (χ1v) is 11.2. The van der Waals surface area contributed by atoms with Crippen LogP contribution < -0.4 is 16.0 Å². The van der Waals surface area contributed by atoms with Crippen molar-refractivity contribution in [3.63, 3.8) is 0 Å². The van der Waals surface area contributed by atoms with E-state index in [4.69, 9.17) is 4.98 Å². The minimum atomic E-state index is 0.606. The fourth-order valence-electron chi connectivity index (χ4n) is 3.95. The average Bonchev–Trinajstić information content (AvgIpc) is 3.16. The van der Waals surface area contributed by atoms with E-state index < -0.39 is 0 Å². The molecule has 1 unspecified atom stereocenters. The summed E-state index contributed by atoms with van der Waals surface area (Å²) in [6, 6.07) is 10.4. The average molecular weight is 429 g/mol. The number of aromatic nitrogens is 3. The number of aryl methyl sites for hydroxylation is 2. The minimum Gasteiger partial charge on any atom is -0.371 e. The van der Waals surface area contributed by atoms with Gasteiger partial charge in [0.15, 0.2) is 5.65 Å². The first-order valence-electron chi connectivity index (χ1n) is 11.2. The molecule has 0 saturated carbocycles. The van der Waals surface area contributed by atoms with Crippen LogP contribution in [0.5, 0.6) is 0 Å². The maximum atomic E-state index is 4.87. The second-order valence-corrected chi connectivity index (χ2v) is 8.48. The molecule has 6 heteroatoms. The molecule has 1 aliphatic rings. The third kappa shape index (κ3) is 5.02. The molecule has 0 spiro atoms. The first-order chi connectivity index (χ1) is 15.5. The second-order valence-electron chi connectivity index (χ2n) is 8.48. The van der Waals surface area contributed by atoms with Crippen molar-refractivity contribution >= 4 is 11.5 Å². The van der Waals surface area contributed by atoms with Crippen LogP contribution >= 0.6 is 0 Å². The van der Waals surface area contributed by atoms with Gasteiger partial charge in [0.2, 0.25) is 0 Å². The monoisotopic (exact) mass is 428 g/mol. The largest absolute Gasteiger partial charge is 0.371 e. The highest BCUT2D eigenvalue weighted by Crippen LogP contribution is 2.26. The standard InChI is InChI=1S/C26H32N6/c1-18-8-7-10-22(14-18)17-29-21(4)27-12-13-28-25-15-24(23-11-6-5-9-19(23)2)31-26-20(3)16-30-32(25)26/h5-11,15-16,18,27-29H,4,12-14,17H2,1-3H3. The van der Waals surface area contributed by atoms with Crippen molar-refractivity contribution < 1.29 is 0 Å². The van der Waals surface area contributed by atoms with Crippen molar-refractivity contribution in [3.8, 4) is 11.3 Å². The molecule has 1 aliphatic carbocycles. The van der Waals surface area contributed by atoms with Crippen molar-refractivity contribution in [1.29, 1.82) is 0 Å². The highest BCUT2D eigenvalue weighted by molar-refractivity contribution is 5.70. The fraction of sp³-hybridized carbons (Fsp3) is 0.308. The van der Waals surface area contributed by atoms with Gasteiger partial charge in [-0.1, -0.05) is 61.6 Å². The van der Waals surface area contributed by atoms with Gasteiger partial charge in [-0.25, -0.2) is 4.98 Å². The Hall–Kier alpha value is -3.54. The summed E-state index contributed by atoms with van der Waals surface area (Å²) < 4.78 is 1.87. The number of fused-ring (bicyclic) bond motifs is 1. The van der Waals surface area contributed by atoms with Gasteiger partial charge in [0.25, 0.3) is 0 Å². The predicted molar refractivity (Wildman–Crippen MR) is 133 cm³/mol. The molecule has 4 rings (SSSR count). The van der Waals surface area contributed by atoms with E-state index in [1.807, 2.05) is 23.7 Å². The van der Waals surface area contributed by atoms with Gasteiger partial charge in [-0.05, 0) is 31.7 Å². The van der Waals surface area contributed by atoms with Crippen LogP contribution in [0.4, 0.5) is 5.82 Å². The van der Waals surface area contributed by atoms with Crippen LogP contribution in [0.15, 0.2) is 72.7 Å². The lowest BCUT2D eigenvalue weighted by Gasteiger charge is -2.18. The number of allylic oxidation sites excluding steroid dienone is 3. The van der Waals surface area contributed by atoms with Gasteiger partial charge in [-0.15, -0.1) is 0 Å².